The van der Waals surface area contributed by atoms with Crippen LogP contribution in [0.1, 0.15) is 30.9 Å². The molecular formula is C13H20FNO. The summed E-state index contributed by atoms with van der Waals surface area (Å²) >= 11 is 0. The van der Waals surface area contributed by atoms with Gasteiger partial charge in [0, 0.05) is 13.1 Å². The summed E-state index contributed by atoms with van der Waals surface area (Å²) in [6.07, 6.45) is 0. The lowest BCUT2D eigenvalue weighted by Crippen LogP contribution is -2.22. The van der Waals surface area contributed by atoms with Crippen LogP contribution >= 0.6 is 0 Å². The van der Waals surface area contributed by atoms with E-state index in [4.69, 9.17) is 5.11 Å². The predicted molar refractivity (Wildman–Crippen MR) is 63.9 cm³/mol. The molecule has 0 aliphatic heterocycles. The third kappa shape index (κ3) is 3.58. The second-order valence-corrected chi connectivity index (χ2v) is 4.46. The third-order valence-corrected chi connectivity index (χ3v) is 2.65. The zero-order valence-electron chi connectivity index (χ0n) is 10.2. The number of hydrogen-bond acceptors (Lipinski definition) is 2. The molecule has 0 fully saturated rings. The Morgan fingerprint density at radius 3 is 2.62 bits per heavy atom. The quantitative estimate of drug-likeness (QED) is 0.831. The van der Waals surface area contributed by atoms with E-state index in [1.54, 1.807) is 6.07 Å². The molecule has 1 rings (SSSR count). The fraction of sp³-hybridized carbons (Fsp3) is 0.538. The van der Waals surface area contributed by atoms with Crippen LogP contribution in [-0.2, 0) is 6.54 Å². The van der Waals surface area contributed by atoms with E-state index in [1.807, 2.05) is 18.0 Å². The van der Waals surface area contributed by atoms with E-state index >= 15 is 0 Å². The van der Waals surface area contributed by atoms with Crippen molar-refractivity contribution in [3.05, 3.63) is 35.1 Å². The molecule has 0 unspecified atom stereocenters. The Hall–Kier alpha value is -0.930. The Kier molecular flexibility index (Phi) is 4.90. The van der Waals surface area contributed by atoms with Crippen molar-refractivity contribution in [2.75, 3.05) is 20.2 Å². The first-order valence-corrected chi connectivity index (χ1v) is 5.62. The molecule has 1 aromatic carbocycles. The van der Waals surface area contributed by atoms with Gasteiger partial charge < -0.3 is 5.11 Å². The van der Waals surface area contributed by atoms with Crippen LogP contribution in [0.2, 0.25) is 0 Å². The second kappa shape index (κ2) is 5.97. The lowest BCUT2D eigenvalue weighted by atomic mass is 9.97. The van der Waals surface area contributed by atoms with Gasteiger partial charge in [0.25, 0.3) is 0 Å². The standard InChI is InChI=1S/C13H20FNO/c1-10(2)13-5-4-12(14)8-11(13)9-15(3)6-7-16/h4-5,8,10,16H,6-7,9H2,1-3H3. The van der Waals surface area contributed by atoms with Crippen LogP contribution in [0.5, 0.6) is 0 Å². The maximum Gasteiger partial charge on any atom is 0.123 e. The monoisotopic (exact) mass is 225 g/mol. The molecule has 0 saturated heterocycles. The number of nitrogens with zero attached hydrogens (tertiary/aromatic N) is 1. The molecule has 0 aliphatic carbocycles. The van der Waals surface area contributed by atoms with Crippen molar-refractivity contribution < 1.29 is 9.50 Å². The average molecular weight is 225 g/mol. The smallest absolute Gasteiger partial charge is 0.123 e. The molecule has 2 nitrogen and oxygen atoms in total. The van der Waals surface area contributed by atoms with Gasteiger partial charge in [0.05, 0.1) is 6.61 Å². The molecule has 90 valence electrons. The SMILES string of the molecule is CC(C)c1ccc(F)cc1CN(C)CCO. The Morgan fingerprint density at radius 1 is 1.38 bits per heavy atom. The molecule has 0 atom stereocenters. The first kappa shape index (κ1) is 13.1. The van der Waals surface area contributed by atoms with Gasteiger partial charge in [-0.15, -0.1) is 0 Å². The summed E-state index contributed by atoms with van der Waals surface area (Å²) in [5, 5.41) is 8.83. The largest absolute Gasteiger partial charge is 0.395 e. The van der Waals surface area contributed by atoms with Crippen LogP contribution in [-0.4, -0.2) is 30.2 Å². The van der Waals surface area contributed by atoms with Crippen molar-refractivity contribution >= 4 is 0 Å². The molecule has 0 aromatic heterocycles. The molecule has 3 heteroatoms. The molecular weight excluding hydrogens is 205 g/mol. The van der Waals surface area contributed by atoms with Crippen LogP contribution < -0.4 is 0 Å². The molecule has 16 heavy (non-hydrogen) atoms. The number of likely N-dealkylation sites (N-methyl/N-ethyl adjacent to an activating group) is 1. The zero-order valence-corrected chi connectivity index (χ0v) is 10.2. The highest BCUT2D eigenvalue weighted by molar-refractivity contribution is 5.30. The first-order chi connectivity index (χ1) is 7.54. The second-order valence-electron chi connectivity index (χ2n) is 4.46. The molecule has 0 bridgehead atoms. The molecule has 0 spiro atoms. The fourth-order valence-electron chi connectivity index (χ4n) is 1.82. The van der Waals surface area contributed by atoms with Crippen LogP contribution in [0.3, 0.4) is 0 Å². The van der Waals surface area contributed by atoms with Gasteiger partial charge in [-0.2, -0.15) is 0 Å². The highest BCUT2D eigenvalue weighted by Crippen LogP contribution is 2.21. The number of halogens is 1. The Bertz CT molecular complexity index is 339. The fourth-order valence-corrected chi connectivity index (χ4v) is 1.82. The van der Waals surface area contributed by atoms with Crippen molar-refractivity contribution in [1.82, 2.24) is 4.90 Å². The van der Waals surface area contributed by atoms with Gasteiger partial charge in [-0.1, -0.05) is 19.9 Å². The van der Waals surface area contributed by atoms with Crippen molar-refractivity contribution in [3.8, 4) is 0 Å². The number of benzene rings is 1. The minimum absolute atomic E-state index is 0.128. The molecule has 0 radical (unpaired) electrons. The molecule has 1 N–H and O–H groups in total. The van der Waals surface area contributed by atoms with Gasteiger partial charge >= 0.3 is 0 Å². The lowest BCUT2D eigenvalue weighted by Gasteiger charge is -2.19. The molecule has 0 amide bonds. The summed E-state index contributed by atoms with van der Waals surface area (Å²) in [5.74, 6) is 0.190. The molecule has 0 heterocycles. The van der Waals surface area contributed by atoms with Crippen molar-refractivity contribution in [2.24, 2.45) is 0 Å². The summed E-state index contributed by atoms with van der Waals surface area (Å²) in [7, 11) is 1.92. The summed E-state index contributed by atoms with van der Waals surface area (Å²) in [6, 6.07) is 4.94. The Labute approximate surface area is 96.7 Å². The van der Waals surface area contributed by atoms with Crippen LogP contribution in [0.4, 0.5) is 4.39 Å². The normalized spacial score (nSPS) is 11.4. The molecule has 0 aliphatic rings. The summed E-state index contributed by atoms with van der Waals surface area (Å²) in [4.78, 5) is 1.99. The number of aliphatic hydroxyl groups excluding tert-OH is 1. The van der Waals surface area contributed by atoms with Gasteiger partial charge in [-0.05, 0) is 36.2 Å². The molecule has 1 aromatic rings. The maximum atomic E-state index is 13.2. The van der Waals surface area contributed by atoms with Crippen molar-refractivity contribution in [1.29, 1.82) is 0 Å². The van der Waals surface area contributed by atoms with Crippen molar-refractivity contribution in [3.63, 3.8) is 0 Å². The van der Waals surface area contributed by atoms with E-state index in [0.29, 0.717) is 19.0 Å². The minimum Gasteiger partial charge on any atom is -0.395 e. The highest BCUT2D eigenvalue weighted by Gasteiger charge is 2.09. The third-order valence-electron chi connectivity index (χ3n) is 2.65. The predicted octanol–water partition coefficient (Wildman–Crippen LogP) is 2.37. The van der Waals surface area contributed by atoms with E-state index in [1.165, 1.54) is 11.6 Å². The van der Waals surface area contributed by atoms with Gasteiger partial charge in [-0.25, -0.2) is 4.39 Å². The van der Waals surface area contributed by atoms with E-state index in [-0.39, 0.29) is 12.4 Å². The van der Waals surface area contributed by atoms with Gasteiger partial charge in [0.1, 0.15) is 5.82 Å². The van der Waals surface area contributed by atoms with Crippen LogP contribution in [0.25, 0.3) is 0 Å². The first-order valence-electron chi connectivity index (χ1n) is 5.62. The van der Waals surface area contributed by atoms with E-state index in [2.05, 4.69) is 13.8 Å². The van der Waals surface area contributed by atoms with E-state index < -0.39 is 0 Å². The summed E-state index contributed by atoms with van der Waals surface area (Å²) in [6.45, 7) is 5.61. The zero-order chi connectivity index (χ0) is 12.1. The summed E-state index contributed by atoms with van der Waals surface area (Å²) < 4.78 is 13.2. The average Bonchev–Trinajstić information content (AvgIpc) is 2.17. The lowest BCUT2D eigenvalue weighted by molar-refractivity contribution is 0.217. The molecule has 0 saturated carbocycles. The number of rotatable bonds is 5. The topological polar surface area (TPSA) is 23.5 Å². The highest BCUT2D eigenvalue weighted by atomic mass is 19.1. The Morgan fingerprint density at radius 2 is 2.06 bits per heavy atom. The Balaban J connectivity index is 2.87. The van der Waals surface area contributed by atoms with E-state index in [0.717, 1.165) is 5.56 Å². The minimum atomic E-state index is -0.197. The van der Waals surface area contributed by atoms with Crippen LogP contribution in [0, 0.1) is 5.82 Å². The maximum absolute atomic E-state index is 13.2. The number of aliphatic hydroxyl groups is 1. The van der Waals surface area contributed by atoms with E-state index in [9.17, 15) is 4.39 Å². The van der Waals surface area contributed by atoms with Crippen LogP contribution in [0.15, 0.2) is 18.2 Å². The van der Waals surface area contributed by atoms with Gasteiger partial charge in [0.2, 0.25) is 0 Å². The van der Waals surface area contributed by atoms with Crippen molar-refractivity contribution in [2.45, 2.75) is 26.3 Å². The summed E-state index contributed by atoms with van der Waals surface area (Å²) in [5.41, 5.74) is 2.18. The van der Waals surface area contributed by atoms with Gasteiger partial charge in [0.15, 0.2) is 0 Å². The van der Waals surface area contributed by atoms with Gasteiger partial charge in [-0.3, -0.25) is 4.90 Å². The number of hydrogen-bond donors (Lipinski definition) is 1.